The van der Waals surface area contributed by atoms with Crippen molar-refractivity contribution < 1.29 is 22.0 Å². The van der Waals surface area contributed by atoms with Gasteiger partial charge in [-0.1, -0.05) is 12.1 Å². The van der Waals surface area contributed by atoms with E-state index in [1.54, 1.807) is 0 Å². The van der Waals surface area contributed by atoms with Crippen LogP contribution in [-0.4, -0.2) is 17.8 Å². The summed E-state index contributed by atoms with van der Waals surface area (Å²) in [5.74, 6) is 0. The molecule has 0 spiro atoms. The number of rotatable bonds is 0. The Morgan fingerprint density at radius 1 is 1.20 bits per heavy atom. The average molecular weight is 221 g/mol. The predicted octanol–water partition coefficient (Wildman–Crippen LogP) is 3.35. The zero-order chi connectivity index (χ0) is 11.3. The second-order valence-electron chi connectivity index (χ2n) is 2.57. The van der Waals surface area contributed by atoms with Crippen LogP contribution in [0, 0.1) is 0 Å². The Kier molecular flexibility index (Phi) is 3.65. The van der Waals surface area contributed by atoms with Gasteiger partial charge in [0.05, 0.1) is 0 Å². The summed E-state index contributed by atoms with van der Waals surface area (Å²) in [7, 11) is 0. The molecule has 0 atom stereocenters. The van der Waals surface area contributed by atoms with Crippen LogP contribution in [0.3, 0.4) is 0 Å². The molecule has 0 aliphatic heterocycles. The van der Waals surface area contributed by atoms with E-state index in [1.165, 1.54) is 6.39 Å². The van der Waals surface area contributed by atoms with Crippen molar-refractivity contribution in [3.8, 4) is 0 Å². The highest BCUT2D eigenvalue weighted by Gasteiger charge is 2.26. The minimum absolute atomic E-state index is 0.845. The summed E-state index contributed by atoms with van der Waals surface area (Å²) in [5, 5.41) is 0. The van der Waals surface area contributed by atoms with Crippen LogP contribution in [0.1, 0.15) is 0 Å². The third-order valence-corrected chi connectivity index (χ3v) is 1.39. The molecule has 0 aliphatic rings. The van der Waals surface area contributed by atoms with Crippen molar-refractivity contribution in [1.82, 2.24) is 4.98 Å². The minimum atomic E-state index is -4.62. The number of hydrogen-bond donors (Lipinski definition) is 0. The third-order valence-electron chi connectivity index (χ3n) is 1.39. The number of aromatic nitrogens is 1. The van der Waals surface area contributed by atoms with E-state index >= 15 is 0 Å². The summed E-state index contributed by atoms with van der Waals surface area (Å²) in [6, 6.07) is 7.67. The van der Waals surface area contributed by atoms with E-state index in [9.17, 15) is 17.6 Å². The van der Waals surface area contributed by atoms with Gasteiger partial charge in [-0.25, -0.2) is 9.37 Å². The summed E-state index contributed by atoms with van der Waals surface area (Å²) in [6.45, 7) is -2.23. The number of oxazole rings is 1. The molecular weight excluding hydrogens is 214 g/mol. The Morgan fingerprint density at radius 3 is 2.33 bits per heavy atom. The van der Waals surface area contributed by atoms with Gasteiger partial charge in [-0.2, -0.15) is 13.2 Å². The van der Waals surface area contributed by atoms with Crippen LogP contribution in [0.2, 0.25) is 0 Å². The molecule has 6 heteroatoms. The maximum atomic E-state index is 10.4. The molecule has 0 N–H and O–H groups in total. The molecule has 2 aromatic rings. The number of benzene rings is 1. The number of hydrogen-bond acceptors (Lipinski definition) is 2. The lowest BCUT2D eigenvalue weighted by molar-refractivity contribution is -0.142. The molecule has 0 unspecified atom stereocenters. The van der Waals surface area contributed by atoms with Crippen molar-refractivity contribution >= 4 is 11.1 Å². The monoisotopic (exact) mass is 221 g/mol. The van der Waals surface area contributed by atoms with Gasteiger partial charge in [0, 0.05) is 0 Å². The van der Waals surface area contributed by atoms with E-state index in [2.05, 4.69) is 4.98 Å². The standard InChI is InChI=1S/C7H5NO.C2H2F4/c1-2-4-7-6(3-1)8-5-9-7;3-1-2(4,5)6/h1-5H;1H2. The van der Waals surface area contributed by atoms with Crippen LogP contribution < -0.4 is 0 Å². The summed E-state index contributed by atoms with van der Waals surface area (Å²) >= 11 is 0. The second kappa shape index (κ2) is 4.77. The third kappa shape index (κ3) is 3.97. The lowest BCUT2D eigenvalue weighted by Crippen LogP contribution is -2.08. The highest BCUT2D eigenvalue weighted by molar-refractivity contribution is 5.71. The van der Waals surface area contributed by atoms with Gasteiger partial charge in [0.1, 0.15) is 5.52 Å². The normalized spacial score (nSPS) is 10.9. The van der Waals surface area contributed by atoms with E-state index in [4.69, 9.17) is 4.42 Å². The van der Waals surface area contributed by atoms with Gasteiger partial charge in [-0.05, 0) is 12.1 Å². The summed E-state index contributed by atoms with van der Waals surface area (Å²) in [4.78, 5) is 3.95. The van der Waals surface area contributed by atoms with Crippen molar-refractivity contribution in [2.24, 2.45) is 0 Å². The summed E-state index contributed by atoms with van der Waals surface area (Å²) < 4.78 is 46.6. The molecule has 0 bridgehead atoms. The van der Waals surface area contributed by atoms with Crippen molar-refractivity contribution in [3.63, 3.8) is 0 Å². The second-order valence-corrected chi connectivity index (χ2v) is 2.57. The first-order valence-electron chi connectivity index (χ1n) is 3.94. The van der Waals surface area contributed by atoms with Crippen LogP contribution in [0.25, 0.3) is 11.1 Å². The fraction of sp³-hybridized carbons (Fsp3) is 0.222. The number of fused-ring (bicyclic) bond motifs is 1. The number of para-hydroxylation sites is 2. The molecule has 0 amide bonds. The zero-order valence-corrected chi connectivity index (χ0v) is 7.46. The Morgan fingerprint density at radius 2 is 1.80 bits per heavy atom. The van der Waals surface area contributed by atoms with Gasteiger partial charge in [0.25, 0.3) is 0 Å². The molecule has 0 radical (unpaired) electrons. The van der Waals surface area contributed by atoms with Crippen molar-refractivity contribution in [3.05, 3.63) is 30.7 Å². The van der Waals surface area contributed by atoms with E-state index in [-0.39, 0.29) is 0 Å². The van der Waals surface area contributed by atoms with E-state index < -0.39 is 12.9 Å². The van der Waals surface area contributed by atoms with Crippen LogP contribution in [-0.2, 0) is 0 Å². The highest BCUT2D eigenvalue weighted by atomic mass is 19.4. The smallest absolute Gasteiger partial charge is 0.416 e. The topological polar surface area (TPSA) is 26.0 Å². The molecule has 82 valence electrons. The Hall–Kier alpha value is -1.59. The Bertz CT molecular complexity index is 379. The fourth-order valence-electron chi connectivity index (χ4n) is 0.803. The molecule has 1 aromatic heterocycles. The first kappa shape index (κ1) is 11.5. The van der Waals surface area contributed by atoms with Crippen molar-refractivity contribution in [2.75, 3.05) is 6.67 Å². The summed E-state index contributed by atoms with van der Waals surface area (Å²) in [5.41, 5.74) is 1.76. The minimum Gasteiger partial charge on any atom is -0.443 e. The molecule has 1 heterocycles. The van der Waals surface area contributed by atoms with E-state index in [0.717, 1.165) is 11.1 Å². The Labute approximate surface area is 82.5 Å². The van der Waals surface area contributed by atoms with Crippen LogP contribution in [0.4, 0.5) is 17.6 Å². The van der Waals surface area contributed by atoms with Gasteiger partial charge in [-0.3, -0.25) is 0 Å². The molecule has 2 rings (SSSR count). The van der Waals surface area contributed by atoms with Gasteiger partial charge >= 0.3 is 6.18 Å². The molecule has 15 heavy (non-hydrogen) atoms. The number of halogens is 4. The molecule has 0 saturated heterocycles. The molecule has 0 saturated carbocycles. The van der Waals surface area contributed by atoms with Crippen LogP contribution >= 0.6 is 0 Å². The van der Waals surface area contributed by atoms with E-state index in [0.29, 0.717) is 0 Å². The quantitative estimate of drug-likeness (QED) is 0.637. The summed E-state index contributed by atoms with van der Waals surface area (Å²) in [6.07, 6.45) is -3.18. The molecule has 2 nitrogen and oxygen atoms in total. The number of alkyl halides is 4. The van der Waals surface area contributed by atoms with Crippen molar-refractivity contribution in [1.29, 1.82) is 0 Å². The van der Waals surface area contributed by atoms with E-state index in [1.807, 2.05) is 24.3 Å². The average Bonchev–Trinajstić information content (AvgIpc) is 2.65. The lowest BCUT2D eigenvalue weighted by atomic mass is 10.3. The maximum absolute atomic E-state index is 10.4. The van der Waals surface area contributed by atoms with Gasteiger partial charge in [0.15, 0.2) is 18.7 Å². The highest BCUT2D eigenvalue weighted by Crippen LogP contribution is 2.13. The maximum Gasteiger partial charge on any atom is 0.416 e. The van der Waals surface area contributed by atoms with Gasteiger partial charge in [0.2, 0.25) is 0 Å². The molecule has 0 aliphatic carbocycles. The first-order chi connectivity index (χ1) is 7.03. The van der Waals surface area contributed by atoms with Gasteiger partial charge in [-0.15, -0.1) is 0 Å². The lowest BCUT2D eigenvalue weighted by Gasteiger charge is -1.93. The Balaban J connectivity index is 0.000000167. The van der Waals surface area contributed by atoms with Crippen LogP contribution in [0.15, 0.2) is 35.1 Å². The fourth-order valence-corrected chi connectivity index (χ4v) is 0.803. The van der Waals surface area contributed by atoms with Crippen LogP contribution in [0.5, 0.6) is 0 Å². The molecule has 0 fully saturated rings. The largest absolute Gasteiger partial charge is 0.443 e. The molecular formula is C9H7F4NO. The SMILES string of the molecule is FCC(F)(F)F.c1ccc2ocnc2c1. The zero-order valence-electron chi connectivity index (χ0n) is 7.46. The predicted molar refractivity (Wildman–Crippen MR) is 46.0 cm³/mol. The van der Waals surface area contributed by atoms with Gasteiger partial charge < -0.3 is 4.42 Å². The molecule has 1 aromatic carbocycles. The van der Waals surface area contributed by atoms with Crippen molar-refractivity contribution in [2.45, 2.75) is 6.18 Å². The number of nitrogens with zero attached hydrogens (tertiary/aromatic N) is 1. The first-order valence-corrected chi connectivity index (χ1v) is 3.94.